The third kappa shape index (κ3) is 7.51. The van der Waals surface area contributed by atoms with Crippen molar-refractivity contribution in [1.82, 2.24) is 10.7 Å². The van der Waals surface area contributed by atoms with Crippen LogP contribution in [-0.2, 0) is 20.9 Å². The molecule has 0 aliphatic carbocycles. The molecule has 3 aromatic rings. The van der Waals surface area contributed by atoms with E-state index in [4.69, 9.17) is 20.8 Å². The average molecular weight is 469 g/mol. The fourth-order valence-corrected chi connectivity index (χ4v) is 2.84. The van der Waals surface area contributed by atoms with Crippen molar-refractivity contribution in [2.45, 2.75) is 13.5 Å². The van der Waals surface area contributed by atoms with E-state index in [9.17, 15) is 14.4 Å². The van der Waals surface area contributed by atoms with E-state index in [0.29, 0.717) is 27.8 Å². The number of carbonyl (C=O) groups is 3. The molecule has 0 unspecified atom stereocenters. The standard InChI is InChI=1S/C23H21ClN4O5/c1-15-11-17(24)6-9-20(15)27-22(30)23(31)28-26-12-16-4-7-18(8-5-16)33-14-21(29)25-13-19-3-2-10-32-19/h2-12H,13-14H2,1H3,(H,25,29)(H,27,30)(H,28,31)/b26-12-. The highest BCUT2D eigenvalue weighted by molar-refractivity contribution is 6.39. The lowest BCUT2D eigenvalue weighted by molar-refractivity contribution is -0.136. The van der Waals surface area contributed by atoms with Gasteiger partial charge in [-0.15, -0.1) is 0 Å². The molecule has 3 amide bonds. The lowest BCUT2D eigenvalue weighted by Gasteiger charge is -2.07. The molecular formula is C23H21ClN4O5. The number of amides is 3. The van der Waals surface area contributed by atoms with Gasteiger partial charge in [0.15, 0.2) is 6.61 Å². The quantitative estimate of drug-likeness (QED) is 0.266. The third-order valence-corrected chi connectivity index (χ3v) is 4.55. The topological polar surface area (TPSA) is 122 Å². The Morgan fingerprint density at radius 1 is 1.09 bits per heavy atom. The molecule has 0 saturated heterocycles. The molecule has 0 aliphatic rings. The summed E-state index contributed by atoms with van der Waals surface area (Å²) >= 11 is 5.87. The Morgan fingerprint density at radius 3 is 2.58 bits per heavy atom. The maximum absolute atomic E-state index is 12.0. The van der Waals surface area contributed by atoms with Gasteiger partial charge < -0.3 is 19.8 Å². The van der Waals surface area contributed by atoms with Crippen molar-refractivity contribution in [1.29, 1.82) is 0 Å². The number of anilines is 1. The average Bonchev–Trinajstić information content (AvgIpc) is 3.32. The Bertz CT molecular complexity index is 1140. The molecule has 0 radical (unpaired) electrons. The number of ether oxygens (including phenoxy) is 1. The Labute approximate surface area is 194 Å². The molecule has 0 atom stereocenters. The molecular weight excluding hydrogens is 448 g/mol. The lowest BCUT2D eigenvalue weighted by Crippen LogP contribution is -2.32. The number of furan rings is 1. The predicted octanol–water partition coefficient (Wildman–Crippen LogP) is 3.03. The van der Waals surface area contributed by atoms with Crippen LogP contribution in [0, 0.1) is 6.92 Å². The zero-order valence-electron chi connectivity index (χ0n) is 17.6. The molecule has 0 saturated carbocycles. The molecule has 33 heavy (non-hydrogen) atoms. The van der Waals surface area contributed by atoms with Crippen LogP contribution >= 0.6 is 11.6 Å². The number of hydrogen-bond donors (Lipinski definition) is 3. The molecule has 0 spiro atoms. The maximum atomic E-state index is 12.0. The normalized spacial score (nSPS) is 10.6. The van der Waals surface area contributed by atoms with Crippen LogP contribution in [0.4, 0.5) is 5.69 Å². The van der Waals surface area contributed by atoms with Crippen molar-refractivity contribution in [3.63, 3.8) is 0 Å². The summed E-state index contributed by atoms with van der Waals surface area (Å²) in [5.41, 5.74) is 4.02. The van der Waals surface area contributed by atoms with E-state index in [-0.39, 0.29) is 19.1 Å². The molecule has 10 heteroatoms. The van der Waals surface area contributed by atoms with Gasteiger partial charge in [-0.05, 0) is 72.6 Å². The van der Waals surface area contributed by atoms with Crippen molar-refractivity contribution in [3.05, 3.63) is 82.8 Å². The Kier molecular flexibility index (Phi) is 8.20. The number of nitrogens with one attached hydrogen (secondary N) is 3. The van der Waals surface area contributed by atoms with E-state index in [1.807, 2.05) is 0 Å². The minimum Gasteiger partial charge on any atom is -0.484 e. The van der Waals surface area contributed by atoms with Gasteiger partial charge in [0.05, 0.1) is 19.0 Å². The molecule has 9 nitrogen and oxygen atoms in total. The third-order valence-electron chi connectivity index (χ3n) is 4.31. The van der Waals surface area contributed by atoms with Gasteiger partial charge in [0.25, 0.3) is 5.91 Å². The van der Waals surface area contributed by atoms with Gasteiger partial charge in [-0.1, -0.05) is 11.6 Å². The minimum absolute atomic E-state index is 0.146. The SMILES string of the molecule is Cc1cc(Cl)ccc1NC(=O)C(=O)N/N=C\c1ccc(OCC(=O)NCc2ccco2)cc1. The number of aryl methyl sites for hydroxylation is 1. The van der Waals surface area contributed by atoms with Gasteiger partial charge in [-0.2, -0.15) is 5.10 Å². The van der Waals surface area contributed by atoms with Crippen molar-refractivity contribution >= 4 is 41.2 Å². The fourth-order valence-electron chi connectivity index (χ4n) is 2.61. The van der Waals surface area contributed by atoms with Crippen molar-refractivity contribution in [3.8, 4) is 5.75 Å². The van der Waals surface area contributed by atoms with Crippen LogP contribution in [0.2, 0.25) is 5.02 Å². The first kappa shape index (κ1) is 23.6. The van der Waals surface area contributed by atoms with E-state index in [2.05, 4.69) is 21.2 Å². The first-order valence-corrected chi connectivity index (χ1v) is 10.2. The molecule has 0 aliphatic heterocycles. The highest BCUT2D eigenvalue weighted by Gasteiger charge is 2.14. The minimum atomic E-state index is -0.916. The number of halogens is 1. The summed E-state index contributed by atoms with van der Waals surface area (Å²) in [4.78, 5) is 35.7. The van der Waals surface area contributed by atoms with Gasteiger partial charge in [-0.25, -0.2) is 5.43 Å². The van der Waals surface area contributed by atoms with Crippen LogP contribution in [0.5, 0.6) is 5.75 Å². The monoisotopic (exact) mass is 468 g/mol. The first-order valence-electron chi connectivity index (χ1n) is 9.83. The zero-order valence-corrected chi connectivity index (χ0v) is 18.4. The number of benzene rings is 2. The van der Waals surface area contributed by atoms with Crippen LogP contribution in [0.1, 0.15) is 16.9 Å². The number of carbonyl (C=O) groups excluding carboxylic acids is 3. The summed E-state index contributed by atoms with van der Waals surface area (Å²) in [6, 6.07) is 15.1. The highest BCUT2D eigenvalue weighted by Crippen LogP contribution is 2.19. The van der Waals surface area contributed by atoms with Gasteiger partial charge in [0.1, 0.15) is 11.5 Å². The summed E-state index contributed by atoms with van der Waals surface area (Å²) in [5.74, 6) is -0.918. The van der Waals surface area contributed by atoms with E-state index in [1.54, 1.807) is 61.5 Å². The second-order valence-electron chi connectivity index (χ2n) is 6.83. The summed E-state index contributed by atoms with van der Waals surface area (Å²) < 4.78 is 10.6. The molecule has 1 aromatic heterocycles. The molecule has 3 N–H and O–H groups in total. The van der Waals surface area contributed by atoms with Crippen molar-refractivity contribution in [2.24, 2.45) is 5.10 Å². The Morgan fingerprint density at radius 2 is 1.88 bits per heavy atom. The number of rotatable bonds is 8. The van der Waals surface area contributed by atoms with Gasteiger partial charge in [0.2, 0.25) is 0 Å². The van der Waals surface area contributed by atoms with Gasteiger partial charge in [-0.3, -0.25) is 14.4 Å². The predicted molar refractivity (Wildman–Crippen MR) is 123 cm³/mol. The second-order valence-corrected chi connectivity index (χ2v) is 7.26. The molecule has 170 valence electrons. The van der Waals surface area contributed by atoms with Crippen molar-refractivity contribution < 1.29 is 23.5 Å². The lowest BCUT2D eigenvalue weighted by atomic mass is 10.2. The van der Waals surface area contributed by atoms with Crippen LogP contribution in [0.3, 0.4) is 0 Å². The van der Waals surface area contributed by atoms with Gasteiger partial charge in [0, 0.05) is 10.7 Å². The number of nitrogens with zero attached hydrogens (tertiary/aromatic N) is 1. The Hall–Kier alpha value is -4.11. The summed E-state index contributed by atoms with van der Waals surface area (Å²) in [7, 11) is 0. The van der Waals surface area contributed by atoms with Gasteiger partial charge >= 0.3 is 11.8 Å². The molecule has 3 rings (SSSR count). The van der Waals surface area contributed by atoms with E-state index in [1.165, 1.54) is 12.5 Å². The largest absolute Gasteiger partial charge is 0.484 e. The smallest absolute Gasteiger partial charge is 0.329 e. The molecule has 2 aromatic carbocycles. The molecule has 0 fully saturated rings. The maximum Gasteiger partial charge on any atom is 0.329 e. The second kappa shape index (κ2) is 11.5. The summed E-state index contributed by atoms with van der Waals surface area (Å²) in [5, 5.41) is 9.48. The number of hydrogen-bond acceptors (Lipinski definition) is 6. The summed E-state index contributed by atoms with van der Waals surface area (Å²) in [6.07, 6.45) is 2.91. The highest BCUT2D eigenvalue weighted by atomic mass is 35.5. The number of hydrazone groups is 1. The Balaban J connectivity index is 1.41. The van der Waals surface area contributed by atoms with E-state index in [0.717, 1.165) is 5.56 Å². The van der Waals surface area contributed by atoms with Crippen LogP contribution in [0.15, 0.2) is 70.4 Å². The fraction of sp³-hybridized carbons (Fsp3) is 0.130. The zero-order chi connectivity index (χ0) is 23.6. The summed E-state index contributed by atoms with van der Waals surface area (Å²) in [6.45, 7) is 1.90. The van der Waals surface area contributed by atoms with Crippen molar-refractivity contribution in [2.75, 3.05) is 11.9 Å². The van der Waals surface area contributed by atoms with Crippen LogP contribution < -0.4 is 20.8 Å². The van der Waals surface area contributed by atoms with Crippen LogP contribution in [0.25, 0.3) is 0 Å². The molecule has 0 bridgehead atoms. The van der Waals surface area contributed by atoms with E-state index >= 15 is 0 Å². The van der Waals surface area contributed by atoms with Crippen LogP contribution in [-0.4, -0.2) is 30.5 Å². The molecule has 1 heterocycles. The van der Waals surface area contributed by atoms with E-state index < -0.39 is 11.8 Å². The first-order chi connectivity index (χ1) is 15.9.